The first kappa shape index (κ1) is 14.7. The molecule has 1 saturated carbocycles. The first-order valence-electron chi connectivity index (χ1n) is 8.32. The normalized spacial score (nSPS) is 17.2. The first-order valence-corrected chi connectivity index (χ1v) is 9.27. The van der Waals surface area contributed by atoms with E-state index < -0.39 is 0 Å². The molecule has 0 bridgehead atoms. The molecule has 2 heterocycles. The van der Waals surface area contributed by atoms with Crippen LogP contribution >= 0.6 is 11.3 Å². The van der Waals surface area contributed by atoms with Crippen molar-refractivity contribution < 1.29 is 4.79 Å². The summed E-state index contributed by atoms with van der Waals surface area (Å²) in [7, 11) is 0. The quantitative estimate of drug-likeness (QED) is 0.845. The third-order valence-electron chi connectivity index (χ3n) is 4.66. The van der Waals surface area contributed by atoms with Crippen LogP contribution in [0, 0.1) is 5.92 Å². The Bertz CT molecular complexity index is 681. The Morgan fingerprint density at radius 1 is 1.22 bits per heavy atom. The molecule has 0 atom stereocenters. The number of carbonyl (C=O) groups excluding carboxylic acids is 1. The Hall–Kier alpha value is -1.88. The topological polar surface area (TPSA) is 36.4 Å². The van der Waals surface area contributed by atoms with E-state index in [1.165, 1.54) is 18.5 Å². The molecule has 0 radical (unpaired) electrons. The second-order valence-corrected chi connectivity index (χ2v) is 7.12. The summed E-state index contributed by atoms with van der Waals surface area (Å²) in [5, 5.41) is 2.02. The average molecular weight is 327 g/mol. The zero-order valence-electron chi connectivity index (χ0n) is 13.1. The Balaban J connectivity index is 1.48. The summed E-state index contributed by atoms with van der Waals surface area (Å²) in [6, 6.07) is 8.33. The van der Waals surface area contributed by atoms with Gasteiger partial charge in [-0.2, -0.15) is 0 Å². The van der Waals surface area contributed by atoms with Gasteiger partial charge in [-0.3, -0.25) is 4.79 Å². The van der Waals surface area contributed by atoms with Crippen molar-refractivity contribution in [2.24, 2.45) is 5.92 Å². The molecule has 0 unspecified atom stereocenters. The monoisotopic (exact) mass is 327 g/mol. The van der Waals surface area contributed by atoms with Crippen LogP contribution in [0.25, 0.3) is 0 Å². The molecule has 1 aromatic carbocycles. The summed E-state index contributed by atoms with van der Waals surface area (Å²) in [6.07, 6.45) is 3.97. The molecule has 4 nitrogen and oxygen atoms in total. The molecule has 2 aromatic rings. The van der Waals surface area contributed by atoms with Crippen molar-refractivity contribution in [2.75, 3.05) is 29.4 Å². The highest BCUT2D eigenvalue weighted by Crippen LogP contribution is 2.37. The molecule has 0 spiro atoms. The van der Waals surface area contributed by atoms with Crippen LogP contribution < -0.4 is 9.80 Å². The van der Waals surface area contributed by atoms with E-state index in [0.717, 1.165) is 43.4 Å². The van der Waals surface area contributed by atoms with Gasteiger partial charge in [0.1, 0.15) is 0 Å². The Morgan fingerprint density at radius 3 is 2.78 bits per heavy atom. The summed E-state index contributed by atoms with van der Waals surface area (Å²) in [5.41, 5.74) is 5.13. The van der Waals surface area contributed by atoms with Gasteiger partial charge in [0.25, 0.3) is 0 Å². The van der Waals surface area contributed by atoms with Crippen LogP contribution in [0.4, 0.5) is 11.4 Å². The number of hydrogen-bond acceptors (Lipinski definition) is 4. The highest BCUT2D eigenvalue weighted by Gasteiger charge is 2.30. The van der Waals surface area contributed by atoms with E-state index in [0.29, 0.717) is 6.42 Å². The molecule has 1 fully saturated rings. The summed E-state index contributed by atoms with van der Waals surface area (Å²) >= 11 is 1.58. The number of hydrogen-bond donors (Lipinski definition) is 0. The summed E-state index contributed by atoms with van der Waals surface area (Å²) < 4.78 is 0. The van der Waals surface area contributed by atoms with Crippen LogP contribution in [0.3, 0.4) is 0 Å². The van der Waals surface area contributed by atoms with Gasteiger partial charge >= 0.3 is 0 Å². The van der Waals surface area contributed by atoms with Crippen LogP contribution in [-0.4, -0.2) is 30.5 Å². The number of thiazole rings is 1. The number of fused-ring (bicyclic) bond motifs is 1. The highest BCUT2D eigenvalue weighted by molar-refractivity contribution is 7.07. The van der Waals surface area contributed by atoms with Crippen molar-refractivity contribution in [3.63, 3.8) is 0 Å². The molecule has 1 aliphatic carbocycles. The lowest BCUT2D eigenvalue weighted by Gasteiger charge is -2.38. The molecule has 0 saturated heterocycles. The minimum absolute atomic E-state index is 0.205. The van der Waals surface area contributed by atoms with Gasteiger partial charge in [0.2, 0.25) is 5.91 Å². The minimum atomic E-state index is 0.205. The number of nitrogens with zero attached hydrogens (tertiary/aromatic N) is 3. The average Bonchev–Trinajstić information content (AvgIpc) is 3.24. The second-order valence-electron chi connectivity index (χ2n) is 6.40. The SMILES string of the molecule is O=C(CCc1cscn1)N1CCN(CC2CC2)c2ccccc21. The molecule has 1 aliphatic heterocycles. The minimum Gasteiger partial charge on any atom is -0.368 e. The number of aryl methyl sites for hydroxylation is 1. The number of para-hydroxylation sites is 2. The van der Waals surface area contributed by atoms with Crippen LogP contribution in [0.5, 0.6) is 0 Å². The molecule has 0 N–H and O–H groups in total. The largest absolute Gasteiger partial charge is 0.368 e. The predicted octanol–water partition coefficient (Wildman–Crippen LogP) is 3.34. The molecule has 4 rings (SSSR count). The van der Waals surface area contributed by atoms with E-state index in [9.17, 15) is 4.79 Å². The molecular weight excluding hydrogens is 306 g/mol. The second kappa shape index (κ2) is 6.32. The van der Waals surface area contributed by atoms with Gasteiger partial charge in [-0.25, -0.2) is 4.98 Å². The number of carbonyl (C=O) groups is 1. The zero-order chi connectivity index (χ0) is 15.6. The number of rotatable bonds is 5. The summed E-state index contributed by atoms with van der Waals surface area (Å²) in [4.78, 5) is 21.4. The smallest absolute Gasteiger partial charge is 0.227 e. The van der Waals surface area contributed by atoms with E-state index in [-0.39, 0.29) is 5.91 Å². The molecule has 1 amide bonds. The Kier molecular flexibility index (Phi) is 4.04. The zero-order valence-corrected chi connectivity index (χ0v) is 14.0. The van der Waals surface area contributed by atoms with Crippen LogP contribution in [-0.2, 0) is 11.2 Å². The van der Waals surface area contributed by atoms with Crippen molar-refractivity contribution in [2.45, 2.75) is 25.7 Å². The maximum Gasteiger partial charge on any atom is 0.227 e. The lowest BCUT2D eigenvalue weighted by atomic mass is 10.1. The predicted molar refractivity (Wildman–Crippen MR) is 94.2 cm³/mol. The fraction of sp³-hybridized carbons (Fsp3) is 0.444. The lowest BCUT2D eigenvalue weighted by molar-refractivity contribution is -0.118. The maximum atomic E-state index is 12.7. The molecule has 23 heavy (non-hydrogen) atoms. The molecule has 1 aromatic heterocycles. The van der Waals surface area contributed by atoms with Gasteiger partial charge < -0.3 is 9.80 Å². The third kappa shape index (κ3) is 3.24. The van der Waals surface area contributed by atoms with E-state index in [1.54, 1.807) is 11.3 Å². The Labute approximate surface area is 140 Å². The standard InChI is InChI=1S/C18H21N3OS/c22-18(8-7-15-12-23-13-19-15)21-10-9-20(11-14-5-6-14)16-3-1-2-4-17(16)21/h1-4,12-14H,5-11H2. The lowest BCUT2D eigenvalue weighted by Crippen LogP contribution is -2.44. The Morgan fingerprint density at radius 2 is 2.04 bits per heavy atom. The van der Waals surface area contributed by atoms with Crippen molar-refractivity contribution >= 4 is 28.6 Å². The number of benzene rings is 1. The van der Waals surface area contributed by atoms with Crippen LogP contribution in [0.2, 0.25) is 0 Å². The summed E-state index contributed by atoms with van der Waals surface area (Å²) in [6.45, 7) is 2.87. The van der Waals surface area contributed by atoms with Crippen molar-refractivity contribution in [1.82, 2.24) is 4.98 Å². The fourth-order valence-corrected chi connectivity index (χ4v) is 3.81. The molecular formula is C18H21N3OS. The van der Waals surface area contributed by atoms with E-state index in [4.69, 9.17) is 0 Å². The van der Waals surface area contributed by atoms with Gasteiger partial charge in [0.05, 0.1) is 22.6 Å². The van der Waals surface area contributed by atoms with Gasteiger partial charge in [-0.15, -0.1) is 11.3 Å². The van der Waals surface area contributed by atoms with Gasteiger partial charge in [0, 0.05) is 31.4 Å². The number of anilines is 2. The first-order chi connectivity index (χ1) is 11.3. The molecule has 120 valence electrons. The van der Waals surface area contributed by atoms with Crippen molar-refractivity contribution in [1.29, 1.82) is 0 Å². The number of amides is 1. The van der Waals surface area contributed by atoms with Crippen molar-refractivity contribution in [3.05, 3.63) is 40.8 Å². The molecule has 2 aliphatic rings. The van der Waals surface area contributed by atoms with E-state index in [1.807, 2.05) is 21.9 Å². The maximum absolute atomic E-state index is 12.7. The summed E-state index contributed by atoms with van der Waals surface area (Å²) in [5.74, 6) is 1.06. The van der Waals surface area contributed by atoms with Crippen LogP contribution in [0.1, 0.15) is 25.0 Å². The van der Waals surface area contributed by atoms with E-state index in [2.05, 4.69) is 28.1 Å². The van der Waals surface area contributed by atoms with Gasteiger partial charge in [-0.1, -0.05) is 12.1 Å². The van der Waals surface area contributed by atoms with Gasteiger partial charge in [0.15, 0.2) is 0 Å². The molecule has 5 heteroatoms. The number of aromatic nitrogens is 1. The van der Waals surface area contributed by atoms with E-state index >= 15 is 0 Å². The fourth-order valence-electron chi connectivity index (χ4n) is 3.21. The van der Waals surface area contributed by atoms with Crippen LogP contribution in [0.15, 0.2) is 35.2 Å². The third-order valence-corrected chi connectivity index (χ3v) is 5.30. The van der Waals surface area contributed by atoms with Gasteiger partial charge in [-0.05, 0) is 37.3 Å². The highest BCUT2D eigenvalue weighted by atomic mass is 32.1. The van der Waals surface area contributed by atoms with Crippen molar-refractivity contribution in [3.8, 4) is 0 Å².